The number of pyridine rings is 1. The van der Waals surface area contributed by atoms with Crippen LogP contribution >= 0.6 is 15.9 Å². The van der Waals surface area contributed by atoms with Crippen LogP contribution in [0.5, 0.6) is 0 Å². The Balaban J connectivity index is 1.99. The molecule has 3 aromatic rings. The van der Waals surface area contributed by atoms with Gasteiger partial charge in [-0.1, -0.05) is 15.9 Å². The number of ether oxygens (including phenoxy) is 1. The summed E-state index contributed by atoms with van der Waals surface area (Å²) in [4.78, 5) is 9.18. The Bertz CT molecular complexity index is 1130. The number of hydrogen-bond donors (Lipinski definition) is 1. The van der Waals surface area contributed by atoms with E-state index < -0.39 is 10.0 Å². The molecule has 10 heteroatoms. The van der Waals surface area contributed by atoms with E-state index in [2.05, 4.69) is 25.5 Å². The second kappa shape index (κ2) is 8.95. The van der Waals surface area contributed by atoms with Crippen molar-refractivity contribution in [2.75, 3.05) is 32.2 Å². The molecule has 29 heavy (non-hydrogen) atoms. The zero-order valence-electron chi connectivity index (χ0n) is 16.9. The van der Waals surface area contributed by atoms with Gasteiger partial charge in [0.05, 0.1) is 16.8 Å². The molecule has 0 saturated carbocycles. The molecule has 2 aromatic heterocycles. The van der Waals surface area contributed by atoms with Crippen LogP contribution in [0, 0.1) is 0 Å². The molecule has 1 aromatic carbocycles. The first-order chi connectivity index (χ1) is 13.7. The maximum atomic E-state index is 12.0. The number of anilines is 1. The molecule has 0 atom stereocenters. The molecule has 2 heterocycles. The fraction of sp³-hybridized carbons (Fsp3) is 0.474. The van der Waals surface area contributed by atoms with Crippen molar-refractivity contribution < 1.29 is 13.2 Å². The largest absolute Gasteiger partial charge is 0.382 e. The van der Waals surface area contributed by atoms with Gasteiger partial charge in [-0.3, -0.25) is 0 Å². The van der Waals surface area contributed by atoms with Crippen LogP contribution in [0.25, 0.3) is 21.9 Å². The molecular formula is C19H26BrN5O3S. The number of nitrogens with zero attached hydrogens (tertiary/aromatic N) is 4. The minimum Gasteiger partial charge on any atom is -0.382 e. The lowest BCUT2D eigenvalue weighted by Gasteiger charge is -2.13. The van der Waals surface area contributed by atoms with Gasteiger partial charge in [-0.2, -0.15) is 0 Å². The standard InChI is InChI=1S/C19H26BrN5O3S/c1-4-28-12-16-23-17-18(14-8-7-13(20)11-15(14)22-19(17)21)25(16)9-5-6-10-29(26,27)24(2)3/h7-8,11H,4-6,9-10,12H2,1-3H3,(H2,21,22). The summed E-state index contributed by atoms with van der Waals surface area (Å²) in [6.07, 6.45) is 1.25. The highest BCUT2D eigenvalue weighted by atomic mass is 79.9. The Labute approximate surface area is 179 Å². The molecule has 0 aliphatic carbocycles. The number of nitrogen functional groups attached to an aromatic ring is 1. The van der Waals surface area contributed by atoms with Crippen LogP contribution in [0.2, 0.25) is 0 Å². The summed E-state index contributed by atoms with van der Waals surface area (Å²) < 4.78 is 33.9. The van der Waals surface area contributed by atoms with Crippen LogP contribution in [0.3, 0.4) is 0 Å². The summed E-state index contributed by atoms with van der Waals surface area (Å²) in [6, 6.07) is 5.88. The second-order valence-electron chi connectivity index (χ2n) is 6.98. The van der Waals surface area contributed by atoms with E-state index in [1.165, 1.54) is 4.31 Å². The minimum absolute atomic E-state index is 0.116. The van der Waals surface area contributed by atoms with Crippen molar-refractivity contribution in [3.8, 4) is 0 Å². The molecule has 0 amide bonds. The van der Waals surface area contributed by atoms with Crippen molar-refractivity contribution in [1.82, 2.24) is 18.8 Å². The molecule has 0 saturated heterocycles. The first-order valence-electron chi connectivity index (χ1n) is 9.46. The predicted octanol–water partition coefficient (Wildman–Crippen LogP) is 3.14. The van der Waals surface area contributed by atoms with Gasteiger partial charge in [0, 0.05) is 37.1 Å². The van der Waals surface area contributed by atoms with Crippen LogP contribution in [-0.2, 0) is 27.9 Å². The average Bonchev–Trinajstić information content (AvgIpc) is 3.02. The third kappa shape index (κ3) is 4.71. The van der Waals surface area contributed by atoms with Gasteiger partial charge < -0.3 is 15.0 Å². The van der Waals surface area contributed by atoms with Crippen LogP contribution in [0.15, 0.2) is 22.7 Å². The van der Waals surface area contributed by atoms with Crippen molar-refractivity contribution in [1.29, 1.82) is 0 Å². The highest BCUT2D eigenvalue weighted by Crippen LogP contribution is 2.31. The molecule has 8 nitrogen and oxygen atoms in total. The van der Waals surface area contributed by atoms with Crippen molar-refractivity contribution in [2.45, 2.75) is 32.9 Å². The zero-order chi connectivity index (χ0) is 21.2. The smallest absolute Gasteiger partial charge is 0.213 e. The number of rotatable bonds is 9. The van der Waals surface area contributed by atoms with Gasteiger partial charge in [-0.15, -0.1) is 0 Å². The van der Waals surface area contributed by atoms with Gasteiger partial charge in [-0.05, 0) is 38.0 Å². The highest BCUT2D eigenvalue weighted by molar-refractivity contribution is 9.10. The Morgan fingerprint density at radius 1 is 1.24 bits per heavy atom. The Hall–Kier alpha value is -1.75. The van der Waals surface area contributed by atoms with Gasteiger partial charge >= 0.3 is 0 Å². The fourth-order valence-corrected chi connectivity index (χ4v) is 4.50. The lowest BCUT2D eigenvalue weighted by Crippen LogP contribution is -2.25. The van der Waals surface area contributed by atoms with E-state index in [-0.39, 0.29) is 5.75 Å². The topological polar surface area (TPSA) is 103 Å². The molecule has 0 radical (unpaired) electrons. The number of fused-ring (bicyclic) bond motifs is 3. The summed E-state index contributed by atoms with van der Waals surface area (Å²) in [7, 11) is -0.0946. The van der Waals surface area contributed by atoms with Crippen molar-refractivity contribution in [3.63, 3.8) is 0 Å². The van der Waals surface area contributed by atoms with E-state index in [1.807, 2.05) is 25.1 Å². The van der Waals surface area contributed by atoms with E-state index in [4.69, 9.17) is 15.5 Å². The van der Waals surface area contributed by atoms with Gasteiger partial charge in [0.25, 0.3) is 0 Å². The number of halogens is 1. The molecule has 0 bridgehead atoms. The van der Waals surface area contributed by atoms with Gasteiger partial charge in [0.2, 0.25) is 10.0 Å². The molecule has 158 valence electrons. The van der Waals surface area contributed by atoms with Crippen LogP contribution in [0.1, 0.15) is 25.6 Å². The summed E-state index contributed by atoms with van der Waals surface area (Å²) in [5.74, 6) is 1.25. The van der Waals surface area contributed by atoms with Gasteiger partial charge in [0.15, 0.2) is 5.82 Å². The Morgan fingerprint density at radius 3 is 2.69 bits per heavy atom. The summed E-state index contributed by atoms with van der Waals surface area (Å²) in [6.45, 7) is 3.49. The molecule has 2 N–H and O–H groups in total. The number of hydrogen-bond acceptors (Lipinski definition) is 6. The number of benzene rings is 1. The van der Waals surface area contributed by atoms with Crippen molar-refractivity contribution in [2.24, 2.45) is 0 Å². The predicted molar refractivity (Wildman–Crippen MR) is 119 cm³/mol. The molecular weight excluding hydrogens is 458 g/mol. The number of unbranched alkanes of at least 4 members (excludes halogenated alkanes) is 1. The molecule has 0 unspecified atom stereocenters. The first-order valence-corrected chi connectivity index (χ1v) is 11.9. The minimum atomic E-state index is -3.20. The zero-order valence-corrected chi connectivity index (χ0v) is 19.3. The Morgan fingerprint density at radius 2 is 2.00 bits per heavy atom. The van der Waals surface area contributed by atoms with Crippen LogP contribution < -0.4 is 5.73 Å². The number of imidazole rings is 1. The number of aryl methyl sites for hydroxylation is 1. The van der Waals surface area contributed by atoms with E-state index in [9.17, 15) is 8.42 Å². The molecule has 0 spiro atoms. The maximum Gasteiger partial charge on any atom is 0.213 e. The van der Waals surface area contributed by atoms with Gasteiger partial charge in [-0.25, -0.2) is 22.7 Å². The van der Waals surface area contributed by atoms with Crippen LogP contribution in [-0.4, -0.2) is 53.7 Å². The van der Waals surface area contributed by atoms with E-state index in [1.54, 1.807) is 14.1 Å². The number of sulfonamides is 1. The highest BCUT2D eigenvalue weighted by Gasteiger charge is 2.18. The third-order valence-electron chi connectivity index (χ3n) is 4.77. The quantitative estimate of drug-likeness (QED) is 0.468. The van der Waals surface area contributed by atoms with E-state index >= 15 is 0 Å². The normalized spacial score (nSPS) is 12.4. The molecule has 0 fully saturated rings. The summed E-state index contributed by atoms with van der Waals surface area (Å²) in [5.41, 5.74) is 8.54. The lowest BCUT2D eigenvalue weighted by atomic mass is 10.2. The first kappa shape index (κ1) is 21.9. The van der Waals surface area contributed by atoms with Gasteiger partial charge in [0.1, 0.15) is 17.9 Å². The number of aromatic nitrogens is 3. The lowest BCUT2D eigenvalue weighted by molar-refractivity contribution is 0.126. The Kier molecular flexibility index (Phi) is 6.77. The summed E-state index contributed by atoms with van der Waals surface area (Å²) >= 11 is 3.48. The SMILES string of the molecule is CCOCc1nc2c(N)nc3cc(Br)ccc3c2n1CCCCS(=O)(=O)N(C)C. The molecule has 0 aliphatic rings. The maximum absolute atomic E-state index is 12.0. The monoisotopic (exact) mass is 483 g/mol. The van der Waals surface area contributed by atoms with Crippen molar-refractivity contribution >= 4 is 53.7 Å². The number of nitrogens with two attached hydrogens (primary N) is 1. The van der Waals surface area contributed by atoms with E-state index in [0.717, 1.165) is 26.7 Å². The summed E-state index contributed by atoms with van der Waals surface area (Å²) in [5, 5.41) is 0.952. The molecule has 0 aliphatic heterocycles. The van der Waals surface area contributed by atoms with Crippen molar-refractivity contribution in [3.05, 3.63) is 28.5 Å². The fourth-order valence-electron chi connectivity index (χ4n) is 3.21. The van der Waals surface area contributed by atoms with E-state index in [0.29, 0.717) is 43.9 Å². The van der Waals surface area contributed by atoms with Crippen LogP contribution in [0.4, 0.5) is 5.82 Å². The molecule has 3 rings (SSSR count). The second-order valence-corrected chi connectivity index (χ2v) is 10.2. The third-order valence-corrected chi connectivity index (χ3v) is 7.18. The average molecular weight is 484 g/mol.